The number of hydrogen-bond donors (Lipinski definition) is 1. The van der Waals surface area contributed by atoms with E-state index < -0.39 is 0 Å². The highest BCUT2D eigenvalue weighted by molar-refractivity contribution is 6.32. The minimum Gasteiger partial charge on any atom is -0.495 e. The first-order chi connectivity index (χ1) is 7.61. The van der Waals surface area contributed by atoms with Crippen LogP contribution in [0.2, 0.25) is 5.02 Å². The molecule has 1 N–H and O–H groups in total. The summed E-state index contributed by atoms with van der Waals surface area (Å²) in [6.45, 7) is 4.47. The highest BCUT2D eigenvalue weighted by atomic mass is 35.5. The van der Waals surface area contributed by atoms with Crippen LogP contribution in [0.3, 0.4) is 0 Å². The van der Waals surface area contributed by atoms with Crippen molar-refractivity contribution in [2.24, 2.45) is 0 Å². The van der Waals surface area contributed by atoms with E-state index in [0.717, 1.165) is 27.6 Å². The van der Waals surface area contributed by atoms with Crippen molar-refractivity contribution in [2.45, 2.75) is 20.3 Å². The fourth-order valence-corrected chi connectivity index (χ4v) is 1.70. The molecule has 0 aliphatic rings. The molecule has 0 aromatic heterocycles. The average molecular weight is 239 g/mol. The number of nitriles is 1. The monoisotopic (exact) mass is 238 g/mol. The van der Waals surface area contributed by atoms with E-state index in [2.05, 4.69) is 11.4 Å². The second-order valence-corrected chi connectivity index (χ2v) is 3.92. The molecule has 0 bridgehead atoms. The van der Waals surface area contributed by atoms with E-state index in [1.165, 1.54) is 0 Å². The molecule has 0 saturated heterocycles. The average Bonchev–Trinajstić information content (AvgIpc) is 2.29. The Kier molecular flexibility index (Phi) is 4.45. The zero-order chi connectivity index (χ0) is 12.1. The van der Waals surface area contributed by atoms with E-state index in [9.17, 15) is 0 Å². The number of hydrogen-bond acceptors (Lipinski definition) is 3. The first-order valence-corrected chi connectivity index (χ1v) is 5.44. The van der Waals surface area contributed by atoms with Gasteiger partial charge in [-0.15, -0.1) is 0 Å². The van der Waals surface area contributed by atoms with Crippen molar-refractivity contribution in [3.05, 3.63) is 22.2 Å². The highest BCUT2D eigenvalue weighted by Crippen LogP contribution is 2.35. The third kappa shape index (κ3) is 2.59. The lowest BCUT2D eigenvalue weighted by molar-refractivity contribution is 0.416. The molecule has 0 aliphatic carbocycles. The third-order valence-corrected chi connectivity index (χ3v) is 2.98. The maximum Gasteiger partial charge on any atom is 0.142 e. The zero-order valence-corrected chi connectivity index (χ0v) is 10.5. The molecule has 16 heavy (non-hydrogen) atoms. The third-order valence-electron chi connectivity index (χ3n) is 2.40. The minimum atomic E-state index is 0.452. The van der Waals surface area contributed by atoms with E-state index in [1.54, 1.807) is 7.11 Å². The molecule has 0 heterocycles. The van der Waals surface area contributed by atoms with Crippen LogP contribution in [0, 0.1) is 25.2 Å². The Labute approximate surface area is 101 Å². The Morgan fingerprint density at radius 1 is 1.50 bits per heavy atom. The Balaban J connectivity index is 3.05. The molecule has 0 unspecified atom stereocenters. The van der Waals surface area contributed by atoms with Gasteiger partial charge in [-0.3, -0.25) is 0 Å². The lowest BCUT2D eigenvalue weighted by Crippen LogP contribution is -2.05. The summed E-state index contributed by atoms with van der Waals surface area (Å²) in [6, 6.07) is 3.98. The second-order valence-electron chi connectivity index (χ2n) is 3.54. The first-order valence-electron chi connectivity index (χ1n) is 5.06. The summed E-state index contributed by atoms with van der Waals surface area (Å²) in [6.07, 6.45) is 0.452. The van der Waals surface area contributed by atoms with Gasteiger partial charge in [-0.05, 0) is 31.0 Å². The van der Waals surface area contributed by atoms with E-state index in [0.29, 0.717) is 13.0 Å². The van der Waals surface area contributed by atoms with Gasteiger partial charge in [0.25, 0.3) is 0 Å². The van der Waals surface area contributed by atoms with Gasteiger partial charge < -0.3 is 10.1 Å². The molecule has 0 atom stereocenters. The van der Waals surface area contributed by atoms with Gasteiger partial charge in [0.2, 0.25) is 0 Å². The summed E-state index contributed by atoms with van der Waals surface area (Å²) < 4.78 is 5.29. The number of benzene rings is 1. The number of aryl methyl sites for hydroxylation is 1. The predicted octanol–water partition coefficient (Wildman–Crippen LogP) is 3.29. The molecular formula is C12H15ClN2O. The van der Waals surface area contributed by atoms with Crippen LogP contribution >= 0.6 is 11.6 Å². The van der Waals surface area contributed by atoms with Gasteiger partial charge in [-0.2, -0.15) is 5.26 Å². The summed E-state index contributed by atoms with van der Waals surface area (Å²) in [5.41, 5.74) is 2.81. The number of nitrogens with zero attached hydrogens (tertiary/aromatic N) is 1. The van der Waals surface area contributed by atoms with Crippen molar-refractivity contribution in [3.8, 4) is 11.8 Å². The Bertz CT molecular complexity index is 424. The van der Waals surface area contributed by atoms with Gasteiger partial charge in [0.15, 0.2) is 0 Å². The van der Waals surface area contributed by atoms with Gasteiger partial charge in [-0.1, -0.05) is 11.6 Å². The van der Waals surface area contributed by atoms with Gasteiger partial charge in [0.05, 0.1) is 25.3 Å². The zero-order valence-electron chi connectivity index (χ0n) is 9.72. The van der Waals surface area contributed by atoms with Crippen LogP contribution in [0.4, 0.5) is 5.69 Å². The lowest BCUT2D eigenvalue weighted by Gasteiger charge is -2.16. The second kappa shape index (κ2) is 5.62. The van der Waals surface area contributed by atoms with Crippen molar-refractivity contribution in [1.82, 2.24) is 0 Å². The predicted molar refractivity (Wildman–Crippen MR) is 66.2 cm³/mol. The van der Waals surface area contributed by atoms with Crippen LogP contribution in [0.1, 0.15) is 17.5 Å². The smallest absolute Gasteiger partial charge is 0.142 e. The SMILES string of the molecule is COc1cc(C)c(Cl)c(C)c1NCCC#N. The van der Waals surface area contributed by atoms with Crippen LogP contribution in [0.15, 0.2) is 6.07 Å². The number of methoxy groups -OCH3 is 1. The molecule has 4 heteroatoms. The summed E-state index contributed by atoms with van der Waals surface area (Å²) in [5, 5.41) is 12.4. The molecule has 1 aromatic carbocycles. The summed E-state index contributed by atoms with van der Waals surface area (Å²) in [4.78, 5) is 0. The fraction of sp³-hybridized carbons (Fsp3) is 0.417. The normalized spacial score (nSPS) is 9.69. The molecule has 86 valence electrons. The first kappa shape index (κ1) is 12.7. The molecule has 0 spiro atoms. The Morgan fingerprint density at radius 3 is 2.75 bits per heavy atom. The van der Waals surface area contributed by atoms with E-state index >= 15 is 0 Å². The number of ether oxygens (including phenoxy) is 1. The summed E-state index contributed by atoms with van der Waals surface area (Å²) in [7, 11) is 1.62. The number of nitrogens with one attached hydrogen (secondary N) is 1. The maximum absolute atomic E-state index is 8.49. The Morgan fingerprint density at radius 2 is 2.19 bits per heavy atom. The van der Waals surface area contributed by atoms with Gasteiger partial charge in [0.1, 0.15) is 5.75 Å². The van der Waals surface area contributed by atoms with Crippen molar-refractivity contribution in [1.29, 1.82) is 5.26 Å². The lowest BCUT2D eigenvalue weighted by atomic mass is 10.1. The number of rotatable bonds is 4. The van der Waals surface area contributed by atoms with E-state index in [4.69, 9.17) is 21.6 Å². The fourth-order valence-electron chi connectivity index (χ4n) is 1.55. The molecule has 0 aliphatic heterocycles. The number of halogens is 1. The van der Waals surface area contributed by atoms with Crippen LogP contribution in [0.25, 0.3) is 0 Å². The van der Waals surface area contributed by atoms with Crippen LogP contribution in [0.5, 0.6) is 5.75 Å². The summed E-state index contributed by atoms with van der Waals surface area (Å²) in [5.74, 6) is 0.761. The molecule has 3 nitrogen and oxygen atoms in total. The molecular weight excluding hydrogens is 224 g/mol. The van der Waals surface area contributed by atoms with E-state index in [1.807, 2.05) is 19.9 Å². The van der Waals surface area contributed by atoms with E-state index in [-0.39, 0.29) is 0 Å². The van der Waals surface area contributed by atoms with Crippen molar-refractivity contribution < 1.29 is 4.74 Å². The van der Waals surface area contributed by atoms with Crippen molar-refractivity contribution in [3.63, 3.8) is 0 Å². The van der Waals surface area contributed by atoms with Crippen LogP contribution < -0.4 is 10.1 Å². The van der Waals surface area contributed by atoms with Crippen LogP contribution in [-0.2, 0) is 0 Å². The number of anilines is 1. The molecule has 1 rings (SSSR count). The van der Waals surface area contributed by atoms with Gasteiger partial charge in [0, 0.05) is 11.6 Å². The largest absolute Gasteiger partial charge is 0.495 e. The molecule has 0 fully saturated rings. The molecule has 0 amide bonds. The molecule has 0 saturated carbocycles. The van der Waals surface area contributed by atoms with Crippen molar-refractivity contribution >= 4 is 17.3 Å². The van der Waals surface area contributed by atoms with Crippen molar-refractivity contribution in [2.75, 3.05) is 19.0 Å². The summed E-state index contributed by atoms with van der Waals surface area (Å²) >= 11 is 6.16. The highest BCUT2D eigenvalue weighted by Gasteiger charge is 2.11. The minimum absolute atomic E-state index is 0.452. The standard InChI is InChI=1S/C12H15ClN2O/c1-8-7-10(16-3)12(9(2)11(8)13)15-6-4-5-14/h7,15H,4,6H2,1-3H3. The van der Waals surface area contributed by atoms with Gasteiger partial charge in [-0.25, -0.2) is 0 Å². The molecule has 0 radical (unpaired) electrons. The molecule has 1 aromatic rings. The quantitative estimate of drug-likeness (QED) is 0.819. The Hall–Kier alpha value is -1.40. The van der Waals surface area contributed by atoms with Crippen LogP contribution in [-0.4, -0.2) is 13.7 Å². The van der Waals surface area contributed by atoms with Gasteiger partial charge >= 0.3 is 0 Å². The maximum atomic E-state index is 8.49. The topological polar surface area (TPSA) is 45.0 Å².